The molecule has 1 N–H and O–H groups in total. The van der Waals surface area contributed by atoms with E-state index < -0.39 is 0 Å². The summed E-state index contributed by atoms with van der Waals surface area (Å²) in [4.78, 5) is 12.6. The highest BCUT2D eigenvalue weighted by molar-refractivity contribution is 5.79. The van der Waals surface area contributed by atoms with Crippen LogP contribution < -0.4 is 10.1 Å². The molecule has 2 aromatic carbocycles. The van der Waals surface area contributed by atoms with Gasteiger partial charge >= 0.3 is 0 Å². The minimum absolute atomic E-state index is 0.0454. The van der Waals surface area contributed by atoms with Crippen LogP contribution in [0.5, 0.6) is 5.75 Å². The predicted octanol–water partition coefficient (Wildman–Crippen LogP) is 5.16. The molecule has 2 aromatic rings. The second-order valence-electron chi connectivity index (χ2n) is 7.50. The lowest BCUT2D eigenvalue weighted by Crippen LogP contribution is -2.29. The number of methoxy groups -OCH3 is 1. The van der Waals surface area contributed by atoms with Gasteiger partial charge in [-0.2, -0.15) is 0 Å². The third-order valence-electron chi connectivity index (χ3n) is 4.94. The first-order valence-corrected chi connectivity index (χ1v) is 9.26. The Labute approximate surface area is 157 Å². The zero-order chi connectivity index (χ0) is 19.4. The molecule has 0 heterocycles. The van der Waals surface area contributed by atoms with Gasteiger partial charge < -0.3 is 10.1 Å². The Kier molecular flexibility index (Phi) is 6.47. The van der Waals surface area contributed by atoms with Crippen molar-refractivity contribution in [1.29, 1.82) is 0 Å². The van der Waals surface area contributed by atoms with Crippen molar-refractivity contribution in [2.75, 3.05) is 7.11 Å². The fourth-order valence-corrected chi connectivity index (χ4v) is 3.34. The van der Waals surface area contributed by atoms with Crippen LogP contribution in [0.3, 0.4) is 0 Å². The number of rotatable bonds is 6. The molecule has 26 heavy (non-hydrogen) atoms. The average molecular weight is 354 g/mol. The molecular formula is C23H31NO2. The number of hydrogen-bond acceptors (Lipinski definition) is 2. The van der Waals surface area contributed by atoms with Gasteiger partial charge in [0.1, 0.15) is 5.75 Å². The van der Waals surface area contributed by atoms with Crippen molar-refractivity contribution in [3.05, 3.63) is 63.7 Å². The molecule has 1 unspecified atom stereocenters. The lowest BCUT2D eigenvalue weighted by molar-refractivity contribution is -0.121. The molecule has 0 aliphatic heterocycles. The molecule has 0 radical (unpaired) electrons. The molecule has 0 aromatic heterocycles. The monoisotopic (exact) mass is 353 g/mol. The van der Waals surface area contributed by atoms with Crippen molar-refractivity contribution in [1.82, 2.24) is 5.32 Å². The van der Waals surface area contributed by atoms with E-state index in [0.717, 1.165) is 28.0 Å². The average Bonchev–Trinajstić information content (AvgIpc) is 2.57. The number of nitrogens with one attached hydrogen (secondary N) is 1. The molecule has 0 bridgehead atoms. The predicted molar refractivity (Wildman–Crippen MR) is 108 cm³/mol. The number of ether oxygens (including phenoxy) is 1. The first kappa shape index (κ1) is 20.0. The van der Waals surface area contributed by atoms with Crippen LogP contribution in [0.4, 0.5) is 0 Å². The number of hydrogen-bond donors (Lipinski definition) is 1. The summed E-state index contributed by atoms with van der Waals surface area (Å²) >= 11 is 0. The van der Waals surface area contributed by atoms with E-state index in [1.165, 1.54) is 11.1 Å². The van der Waals surface area contributed by atoms with Gasteiger partial charge in [0.2, 0.25) is 5.91 Å². The molecule has 3 heteroatoms. The van der Waals surface area contributed by atoms with E-state index in [1.54, 1.807) is 7.11 Å². The molecule has 0 spiro atoms. The molecule has 0 aliphatic carbocycles. The Morgan fingerprint density at radius 3 is 2.31 bits per heavy atom. The van der Waals surface area contributed by atoms with E-state index in [1.807, 2.05) is 13.8 Å². The smallest absolute Gasteiger partial charge is 0.224 e. The summed E-state index contributed by atoms with van der Waals surface area (Å²) in [5, 5.41) is 3.16. The highest BCUT2D eigenvalue weighted by Gasteiger charge is 2.17. The normalized spacial score (nSPS) is 12.2. The molecule has 1 amide bonds. The van der Waals surface area contributed by atoms with Crippen molar-refractivity contribution >= 4 is 5.91 Å². The van der Waals surface area contributed by atoms with Crippen molar-refractivity contribution < 1.29 is 9.53 Å². The van der Waals surface area contributed by atoms with E-state index in [2.05, 4.69) is 63.3 Å². The zero-order valence-electron chi connectivity index (χ0n) is 17.1. The molecule has 1 atom stereocenters. The fourth-order valence-electron chi connectivity index (χ4n) is 3.34. The standard InChI is InChI=1S/C23H31NO2/c1-14(2)20-13-21(17(5)11-22(20)26-7)18(6)24-23(25)12-19-10-15(3)8-9-16(19)4/h8-11,13-14,18H,12H2,1-7H3,(H,24,25). The minimum atomic E-state index is -0.0454. The van der Waals surface area contributed by atoms with Gasteiger partial charge in [-0.15, -0.1) is 0 Å². The third kappa shape index (κ3) is 4.66. The van der Waals surface area contributed by atoms with Crippen molar-refractivity contribution in [2.45, 2.75) is 59.9 Å². The summed E-state index contributed by atoms with van der Waals surface area (Å²) in [5.74, 6) is 1.32. The van der Waals surface area contributed by atoms with Crippen LogP contribution in [0.15, 0.2) is 30.3 Å². The van der Waals surface area contributed by atoms with Gasteiger partial charge in [-0.05, 0) is 73.6 Å². The maximum absolute atomic E-state index is 12.6. The van der Waals surface area contributed by atoms with Crippen LogP contribution in [0.2, 0.25) is 0 Å². The van der Waals surface area contributed by atoms with Gasteiger partial charge in [0.15, 0.2) is 0 Å². The number of aryl methyl sites for hydroxylation is 3. The molecule has 3 nitrogen and oxygen atoms in total. The summed E-state index contributed by atoms with van der Waals surface area (Å²) in [5.41, 5.74) is 6.86. The van der Waals surface area contributed by atoms with Gasteiger partial charge in [0.05, 0.1) is 19.6 Å². The van der Waals surface area contributed by atoms with Crippen LogP contribution in [0, 0.1) is 20.8 Å². The lowest BCUT2D eigenvalue weighted by atomic mass is 9.93. The minimum Gasteiger partial charge on any atom is -0.496 e. The van der Waals surface area contributed by atoms with Crippen molar-refractivity contribution in [3.63, 3.8) is 0 Å². The highest BCUT2D eigenvalue weighted by atomic mass is 16.5. The lowest BCUT2D eigenvalue weighted by Gasteiger charge is -2.21. The van der Waals surface area contributed by atoms with Gasteiger partial charge in [-0.3, -0.25) is 4.79 Å². The summed E-state index contributed by atoms with van der Waals surface area (Å²) < 4.78 is 5.52. The Morgan fingerprint density at radius 1 is 1.00 bits per heavy atom. The van der Waals surface area contributed by atoms with Crippen LogP contribution in [0.1, 0.15) is 66.1 Å². The van der Waals surface area contributed by atoms with Gasteiger partial charge in [0.25, 0.3) is 0 Å². The van der Waals surface area contributed by atoms with Crippen LogP contribution >= 0.6 is 0 Å². The van der Waals surface area contributed by atoms with E-state index in [-0.39, 0.29) is 11.9 Å². The summed E-state index contributed by atoms with van der Waals surface area (Å²) in [6.45, 7) is 12.5. The molecular weight excluding hydrogens is 322 g/mol. The van der Waals surface area contributed by atoms with E-state index >= 15 is 0 Å². The fraction of sp³-hybridized carbons (Fsp3) is 0.435. The Balaban J connectivity index is 2.18. The van der Waals surface area contributed by atoms with E-state index in [4.69, 9.17) is 4.74 Å². The number of amides is 1. The van der Waals surface area contributed by atoms with Gasteiger partial charge in [-0.1, -0.05) is 37.6 Å². The van der Waals surface area contributed by atoms with E-state index in [9.17, 15) is 4.79 Å². The molecule has 0 aliphatic rings. The second-order valence-corrected chi connectivity index (χ2v) is 7.50. The van der Waals surface area contributed by atoms with E-state index in [0.29, 0.717) is 12.3 Å². The largest absolute Gasteiger partial charge is 0.496 e. The zero-order valence-corrected chi connectivity index (χ0v) is 17.1. The van der Waals surface area contributed by atoms with Crippen LogP contribution in [-0.2, 0) is 11.2 Å². The number of carbonyl (C=O) groups is 1. The SMILES string of the molecule is COc1cc(C)c(C(C)NC(=O)Cc2cc(C)ccc2C)cc1C(C)C. The molecule has 0 saturated carbocycles. The Bertz CT molecular complexity index is 793. The summed E-state index contributed by atoms with van der Waals surface area (Å²) in [6, 6.07) is 10.4. The van der Waals surface area contributed by atoms with Gasteiger partial charge in [0, 0.05) is 0 Å². The van der Waals surface area contributed by atoms with Crippen molar-refractivity contribution in [2.24, 2.45) is 0 Å². The summed E-state index contributed by atoms with van der Waals surface area (Å²) in [7, 11) is 1.70. The maximum atomic E-state index is 12.6. The van der Waals surface area contributed by atoms with Gasteiger partial charge in [-0.25, -0.2) is 0 Å². The van der Waals surface area contributed by atoms with Crippen LogP contribution in [0.25, 0.3) is 0 Å². The molecule has 0 saturated heterocycles. The molecule has 0 fully saturated rings. The number of benzene rings is 2. The third-order valence-corrected chi connectivity index (χ3v) is 4.94. The maximum Gasteiger partial charge on any atom is 0.224 e. The number of carbonyl (C=O) groups excluding carboxylic acids is 1. The summed E-state index contributed by atoms with van der Waals surface area (Å²) in [6.07, 6.45) is 0.407. The first-order valence-electron chi connectivity index (χ1n) is 9.26. The topological polar surface area (TPSA) is 38.3 Å². The quantitative estimate of drug-likeness (QED) is 0.778. The second kappa shape index (κ2) is 8.39. The Morgan fingerprint density at radius 2 is 1.69 bits per heavy atom. The molecule has 2 rings (SSSR count). The van der Waals surface area contributed by atoms with Crippen LogP contribution in [-0.4, -0.2) is 13.0 Å². The Hall–Kier alpha value is -2.29. The molecule has 140 valence electrons. The first-order chi connectivity index (χ1) is 12.2. The highest BCUT2D eigenvalue weighted by Crippen LogP contribution is 2.32. The van der Waals surface area contributed by atoms with Crippen molar-refractivity contribution in [3.8, 4) is 5.75 Å².